The van der Waals surface area contributed by atoms with Crippen LogP contribution in [0.5, 0.6) is 17.2 Å². The summed E-state index contributed by atoms with van der Waals surface area (Å²) in [5, 5.41) is 0. The highest BCUT2D eigenvalue weighted by molar-refractivity contribution is 6.18. The van der Waals surface area contributed by atoms with Gasteiger partial charge in [-0.1, -0.05) is 6.07 Å². The Morgan fingerprint density at radius 1 is 1.04 bits per heavy atom. The summed E-state index contributed by atoms with van der Waals surface area (Å²) in [5.41, 5.74) is 0.589. The minimum absolute atomic E-state index is 0.239. The number of hydrogen-bond acceptors (Lipinski definition) is 5. The van der Waals surface area contributed by atoms with Crippen molar-refractivity contribution < 1.29 is 19.0 Å². The number of carbonyl (C=O) groups is 1. The lowest BCUT2D eigenvalue weighted by Gasteiger charge is -2.21. The number of pyridine rings is 1. The minimum atomic E-state index is -0.290. The molecule has 0 saturated heterocycles. The van der Waals surface area contributed by atoms with Gasteiger partial charge in [-0.25, -0.2) is 0 Å². The van der Waals surface area contributed by atoms with Crippen LogP contribution in [0.3, 0.4) is 0 Å². The fourth-order valence-corrected chi connectivity index (χ4v) is 2.88. The minimum Gasteiger partial charge on any atom is -0.493 e. The lowest BCUT2D eigenvalue weighted by Crippen LogP contribution is -2.35. The Bertz CT molecular complexity index is 888. The molecule has 7 nitrogen and oxygen atoms in total. The lowest BCUT2D eigenvalue weighted by atomic mass is 10.1. The van der Waals surface area contributed by atoms with Crippen molar-refractivity contribution >= 4 is 17.7 Å². The maximum atomic E-state index is 13.1. The van der Waals surface area contributed by atoms with Gasteiger partial charge < -0.3 is 19.1 Å². The van der Waals surface area contributed by atoms with Gasteiger partial charge in [-0.2, -0.15) is 0 Å². The van der Waals surface area contributed by atoms with Gasteiger partial charge in [0.15, 0.2) is 11.5 Å². The summed E-state index contributed by atoms with van der Waals surface area (Å²) in [6.07, 6.45) is 3.22. The summed E-state index contributed by atoms with van der Waals surface area (Å²) in [6.45, 7) is 4.85. The van der Waals surface area contributed by atoms with Crippen molar-refractivity contribution in [1.82, 2.24) is 9.47 Å². The van der Waals surface area contributed by atoms with Crippen molar-refractivity contribution in [2.45, 2.75) is 13.8 Å². The third kappa shape index (κ3) is 4.36. The number of methoxy groups -OCH3 is 3. The first-order valence-electron chi connectivity index (χ1n) is 8.99. The molecule has 0 aliphatic rings. The molecule has 0 unspecified atom stereocenters. The first kappa shape index (κ1) is 21.1. The molecule has 1 heterocycles. The van der Waals surface area contributed by atoms with Crippen molar-refractivity contribution in [3.05, 3.63) is 52.4 Å². The smallest absolute Gasteiger partial charge is 0.270 e. The standard InChI is InChI=1S/C21H26N2O5/c1-6-22(7-2)21(25)16(23-11-9-8-10-19(23)24)12-15-13-17(26-3)20(28-5)18(14-15)27-4/h8-14H,6-7H2,1-5H3/b16-12-. The number of rotatable bonds is 8. The molecule has 150 valence electrons. The van der Waals surface area contributed by atoms with E-state index in [2.05, 4.69) is 0 Å². The second kappa shape index (κ2) is 9.64. The molecule has 7 heteroatoms. The number of aromatic nitrogens is 1. The van der Waals surface area contributed by atoms with Crippen molar-refractivity contribution in [3.8, 4) is 17.2 Å². The SMILES string of the molecule is CCN(CC)C(=O)/C(=C/c1cc(OC)c(OC)c(OC)c1)n1ccccc1=O. The highest BCUT2D eigenvalue weighted by Crippen LogP contribution is 2.38. The van der Waals surface area contributed by atoms with E-state index in [9.17, 15) is 9.59 Å². The van der Waals surface area contributed by atoms with E-state index in [1.54, 1.807) is 41.4 Å². The molecule has 0 N–H and O–H groups in total. The van der Waals surface area contributed by atoms with Gasteiger partial charge in [-0.05, 0) is 43.7 Å². The molecule has 0 bridgehead atoms. The molecule has 1 aromatic carbocycles. The Labute approximate surface area is 164 Å². The quantitative estimate of drug-likeness (QED) is 0.653. The van der Waals surface area contributed by atoms with Crippen molar-refractivity contribution in [1.29, 1.82) is 0 Å². The Morgan fingerprint density at radius 2 is 1.64 bits per heavy atom. The molecular weight excluding hydrogens is 360 g/mol. The van der Waals surface area contributed by atoms with Gasteiger partial charge in [0.2, 0.25) is 5.75 Å². The molecule has 2 aromatic rings. The second-order valence-corrected chi connectivity index (χ2v) is 5.87. The van der Waals surface area contributed by atoms with Gasteiger partial charge in [-0.3, -0.25) is 14.2 Å². The number of benzene rings is 1. The molecule has 28 heavy (non-hydrogen) atoms. The first-order valence-corrected chi connectivity index (χ1v) is 8.99. The van der Waals surface area contributed by atoms with Crippen LogP contribution in [0, 0.1) is 0 Å². The number of ether oxygens (including phenoxy) is 3. The molecule has 0 aliphatic heterocycles. The molecule has 0 fully saturated rings. The number of likely N-dealkylation sites (N-methyl/N-ethyl adjacent to an activating group) is 1. The van der Waals surface area contributed by atoms with Crippen LogP contribution in [0.1, 0.15) is 19.4 Å². The Balaban J connectivity index is 2.70. The molecule has 1 amide bonds. The van der Waals surface area contributed by atoms with Crippen LogP contribution in [0.25, 0.3) is 11.8 Å². The molecule has 0 spiro atoms. The summed E-state index contributed by atoms with van der Waals surface area (Å²) in [5.74, 6) is 1.13. The number of hydrogen-bond donors (Lipinski definition) is 0. The molecule has 0 aliphatic carbocycles. The third-order valence-electron chi connectivity index (χ3n) is 4.34. The summed E-state index contributed by atoms with van der Waals surface area (Å²) in [7, 11) is 4.57. The average molecular weight is 386 g/mol. The number of amides is 1. The monoisotopic (exact) mass is 386 g/mol. The Kier molecular flexibility index (Phi) is 7.26. The van der Waals surface area contributed by atoms with Gasteiger partial charge >= 0.3 is 0 Å². The molecular formula is C21H26N2O5. The lowest BCUT2D eigenvalue weighted by molar-refractivity contribution is -0.125. The van der Waals surface area contributed by atoms with Gasteiger partial charge in [0.25, 0.3) is 11.5 Å². The topological polar surface area (TPSA) is 70.0 Å². The van der Waals surface area contributed by atoms with Crippen LogP contribution in [-0.4, -0.2) is 49.8 Å². The van der Waals surface area contributed by atoms with Gasteiger partial charge in [0.05, 0.1) is 21.3 Å². The zero-order chi connectivity index (χ0) is 20.7. The molecule has 2 rings (SSSR count). The molecule has 0 radical (unpaired) electrons. The van der Waals surface area contributed by atoms with Crippen molar-refractivity contribution in [2.75, 3.05) is 34.4 Å². The molecule has 1 aromatic heterocycles. The largest absolute Gasteiger partial charge is 0.493 e. The predicted molar refractivity (Wildman–Crippen MR) is 109 cm³/mol. The summed E-state index contributed by atoms with van der Waals surface area (Å²) < 4.78 is 17.4. The zero-order valence-electron chi connectivity index (χ0n) is 16.9. The number of carbonyl (C=O) groups excluding carboxylic acids is 1. The van der Waals surface area contributed by atoms with E-state index in [1.165, 1.54) is 32.0 Å². The average Bonchev–Trinajstić information content (AvgIpc) is 2.72. The molecule has 0 saturated carbocycles. The van der Waals surface area contributed by atoms with Crippen LogP contribution in [-0.2, 0) is 4.79 Å². The zero-order valence-corrected chi connectivity index (χ0v) is 16.9. The van der Waals surface area contributed by atoms with E-state index in [0.29, 0.717) is 35.9 Å². The second-order valence-electron chi connectivity index (χ2n) is 5.87. The third-order valence-corrected chi connectivity index (χ3v) is 4.34. The highest BCUT2D eigenvalue weighted by atomic mass is 16.5. The van der Waals surface area contributed by atoms with Crippen molar-refractivity contribution in [2.24, 2.45) is 0 Å². The highest BCUT2D eigenvalue weighted by Gasteiger charge is 2.20. The Hall–Kier alpha value is -3.22. The van der Waals surface area contributed by atoms with E-state index in [-0.39, 0.29) is 17.2 Å². The first-order chi connectivity index (χ1) is 13.5. The van der Waals surface area contributed by atoms with E-state index in [1.807, 2.05) is 13.8 Å². The van der Waals surface area contributed by atoms with E-state index in [0.717, 1.165) is 0 Å². The van der Waals surface area contributed by atoms with Crippen LogP contribution in [0.2, 0.25) is 0 Å². The number of nitrogens with zero attached hydrogens (tertiary/aromatic N) is 2. The van der Waals surface area contributed by atoms with Crippen molar-refractivity contribution in [3.63, 3.8) is 0 Å². The summed E-state index contributed by atoms with van der Waals surface area (Å²) in [6, 6.07) is 8.21. The fraction of sp³-hybridized carbons (Fsp3) is 0.333. The Morgan fingerprint density at radius 3 is 2.11 bits per heavy atom. The van der Waals surface area contributed by atoms with E-state index >= 15 is 0 Å². The van der Waals surface area contributed by atoms with Crippen LogP contribution in [0.4, 0.5) is 0 Å². The van der Waals surface area contributed by atoms with Gasteiger partial charge in [-0.15, -0.1) is 0 Å². The summed E-state index contributed by atoms with van der Waals surface area (Å²) in [4.78, 5) is 27.1. The van der Waals surface area contributed by atoms with Crippen LogP contribution >= 0.6 is 0 Å². The maximum Gasteiger partial charge on any atom is 0.270 e. The van der Waals surface area contributed by atoms with Crippen LogP contribution < -0.4 is 19.8 Å². The van der Waals surface area contributed by atoms with E-state index < -0.39 is 0 Å². The maximum absolute atomic E-state index is 13.1. The predicted octanol–water partition coefficient (Wildman–Crippen LogP) is 2.74. The fourth-order valence-electron chi connectivity index (χ4n) is 2.88. The molecule has 0 atom stereocenters. The van der Waals surface area contributed by atoms with Gasteiger partial charge in [0.1, 0.15) is 5.70 Å². The summed E-state index contributed by atoms with van der Waals surface area (Å²) >= 11 is 0. The van der Waals surface area contributed by atoms with E-state index in [4.69, 9.17) is 14.2 Å². The van der Waals surface area contributed by atoms with Gasteiger partial charge in [0, 0.05) is 25.4 Å². The van der Waals surface area contributed by atoms with Crippen LogP contribution in [0.15, 0.2) is 41.3 Å². The normalized spacial score (nSPS) is 11.1.